The number of rotatable bonds is 5. The lowest BCUT2D eigenvalue weighted by molar-refractivity contribution is -0.137. The van der Waals surface area contributed by atoms with Crippen molar-refractivity contribution in [2.75, 3.05) is 26.2 Å². The van der Waals surface area contributed by atoms with Crippen LogP contribution in [0.1, 0.15) is 19.9 Å². The SMILES string of the molecule is CC(C)C(C(=O)N1CCN(S(=O)(=O)c2ccccc2Cl)CC1)n1cnc2cc(F)c(F)cc21. The van der Waals surface area contributed by atoms with Crippen molar-refractivity contribution in [2.45, 2.75) is 24.8 Å². The predicted molar refractivity (Wildman–Crippen MR) is 120 cm³/mol. The number of hydrogen-bond acceptors (Lipinski definition) is 4. The van der Waals surface area contributed by atoms with Crippen molar-refractivity contribution in [3.8, 4) is 0 Å². The molecule has 0 aliphatic carbocycles. The summed E-state index contributed by atoms with van der Waals surface area (Å²) in [5.41, 5.74) is 0.573. The number of sulfonamides is 1. The van der Waals surface area contributed by atoms with E-state index in [2.05, 4.69) is 4.98 Å². The van der Waals surface area contributed by atoms with Crippen molar-refractivity contribution in [3.63, 3.8) is 0 Å². The molecular weight excluding hydrogens is 474 g/mol. The summed E-state index contributed by atoms with van der Waals surface area (Å²) in [5.74, 6) is -2.43. The first kappa shape index (κ1) is 23.6. The Balaban J connectivity index is 1.55. The molecule has 4 rings (SSSR count). The lowest BCUT2D eigenvalue weighted by Gasteiger charge is -2.37. The summed E-state index contributed by atoms with van der Waals surface area (Å²) in [7, 11) is -3.79. The summed E-state index contributed by atoms with van der Waals surface area (Å²) in [6, 6.07) is 7.57. The van der Waals surface area contributed by atoms with Crippen LogP contribution in [0.2, 0.25) is 5.02 Å². The van der Waals surface area contributed by atoms with Crippen LogP contribution in [0.15, 0.2) is 47.6 Å². The molecule has 1 aromatic heterocycles. The van der Waals surface area contributed by atoms with Crippen molar-refractivity contribution < 1.29 is 22.0 Å². The first-order valence-corrected chi connectivity index (χ1v) is 12.3. The monoisotopic (exact) mass is 496 g/mol. The zero-order valence-electron chi connectivity index (χ0n) is 18.1. The Morgan fingerprint density at radius 2 is 1.70 bits per heavy atom. The fourth-order valence-corrected chi connectivity index (χ4v) is 6.01. The molecule has 2 heterocycles. The van der Waals surface area contributed by atoms with Crippen LogP contribution in [0.5, 0.6) is 0 Å². The van der Waals surface area contributed by atoms with E-state index in [-0.39, 0.29) is 53.4 Å². The molecule has 1 aliphatic heterocycles. The minimum Gasteiger partial charge on any atom is -0.338 e. The fraction of sp³-hybridized carbons (Fsp3) is 0.364. The average Bonchev–Trinajstić information content (AvgIpc) is 3.16. The molecule has 2 aromatic carbocycles. The molecule has 33 heavy (non-hydrogen) atoms. The molecule has 1 amide bonds. The van der Waals surface area contributed by atoms with Gasteiger partial charge in [-0.2, -0.15) is 4.31 Å². The number of imidazole rings is 1. The number of carbonyl (C=O) groups excluding carboxylic acids is 1. The molecule has 11 heteroatoms. The van der Waals surface area contributed by atoms with E-state index in [1.165, 1.54) is 22.8 Å². The number of hydrogen-bond donors (Lipinski definition) is 0. The largest absolute Gasteiger partial charge is 0.338 e. The van der Waals surface area contributed by atoms with Crippen molar-refractivity contribution >= 4 is 38.6 Å². The van der Waals surface area contributed by atoms with Crippen molar-refractivity contribution in [1.82, 2.24) is 18.8 Å². The Kier molecular flexibility index (Phi) is 6.43. The average molecular weight is 497 g/mol. The van der Waals surface area contributed by atoms with Gasteiger partial charge in [-0.15, -0.1) is 0 Å². The Hall–Kier alpha value is -2.56. The summed E-state index contributed by atoms with van der Waals surface area (Å²) < 4.78 is 56.3. The minimum absolute atomic E-state index is 0.0330. The second-order valence-electron chi connectivity index (χ2n) is 8.26. The van der Waals surface area contributed by atoms with Gasteiger partial charge in [0.15, 0.2) is 11.6 Å². The van der Waals surface area contributed by atoms with Gasteiger partial charge in [0.25, 0.3) is 0 Å². The van der Waals surface area contributed by atoms with E-state index in [1.54, 1.807) is 21.6 Å². The number of aromatic nitrogens is 2. The molecule has 1 aliphatic rings. The quantitative estimate of drug-likeness (QED) is 0.540. The molecular formula is C22H23ClF2N4O3S. The highest BCUT2D eigenvalue weighted by atomic mass is 35.5. The predicted octanol–water partition coefficient (Wildman–Crippen LogP) is 3.70. The standard InChI is InChI=1S/C22H23ClF2N4O3S/c1-14(2)21(29-13-26-18-11-16(24)17(25)12-19(18)29)22(30)27-7-9-28(10-8-27)33(31,32)20-6-4-3-5-15(20)23/h3-6,11-14,21H,7-10H2,1-2H3. The van der Waals surface area contributed by atoms with E-state index >= 15 is 0 Å². The van der Waals surface area contributed by atoms with Gasteiger partial charge in [-0.3, -0.25) is 4.79 Å². The summed E-state index contributed by atoms with van der Waals surface area (Å²) >= 11 is 6.08. The van der Waals surface area contributed by atoms with Crippen LogP contribution >= 0.6 is 11.6 Å². The number of carbonyl (C=O) groups is 1. The molecule has 1 unspecified atom stereocenters. The summed E-state index contributed by atoms with van der Waals surface area (Å²) in [6.07, 6.45) is 1.41. The van der Waals surface area contributed by atoms with Crippen molar-refractivity contribution in [1.29, 1.82) is 0 Å². The number of amides is 1. The summed E-state index contributed by atoms with van der Waals surface area (Å²) in [5, 5.41) is 0.145. The molecule has 1 saturated heterocycles. The topological polar surface area (TPSA) is 75.5 Å². The van der Waals surface area contributed by atoms with Crippen LogP contribution in [0.25, 0.3) is 11.0 Å². The highest BCUT2D eigenvalue weighted by Crippen LogP contribution is 2.29. The maximum atomic E-state index is 13.9. The normalized spacial score (nSPS) is 16.5. The zero-order chi connectivity index (χ0) is 23.9. The number of piperazine rings is 1. The second-order valence-corrected chi connectivity index (χ2v) is 10.6. The molecule has 0 bridgehead atoms. The van der Waals surface area contributed by atoms with Crippen molar-refractivity contribution in [2.24, 2.45) is 5.92 Å². The molecule has 176 valence electrons. The van der Waals surface area contributed by atoms with Gasteiger partial charge in [0.1, 0.15) is 10.9 Å². The van der Waals surface area contributed by atoms with E-state index in [9.17, 15) is 22.0 Å². The Bertz CT molecular complexity index is 1300. The lowest BCUT2D eigenvalue weighted by atomic mass is 10.0. The molecule has 0 radical (unpaired) electrons. The van der Waals surface area contributed by atoms with Gasteiger partial charge < -0.3 is 9.47 Å². The molecule has 0 spiro atoms. The Morgan fingerprint density at radius 3 is 2.33 bits per heavy atom. The van der Waals surface area contributed by atoms with Gasteiger partial charge in [0.2, 0.25) is 15.9 Å². The van der Waals surface area contributed by atoms with Crippen LogP contribution in [0.4, 0.5) is 8.78 Å². The molecule has 7 nitrogen and oxygen atoms in total. The number of halogens is 3. The fourth-order valence-electron chi connectivity index (χ4n) is 4.10. The third-order valence-corrected chi connectivity index (χ3v) is 8.20. The van der Waals surface area contributed by atoms with Gasteiger partial charge in [0.05, 0.1) is 22.4 Å². The first-order chi connectivity index (χ1) is 15.6. The van der Waals surface area contributed by atoms with Gasteiger partial charge in [-0.25, -0.2) is 22.2 Å². The van der Waals surface area contributed by atoms with Crippen LogP contribution in [-0.4, -0.2) is 59.3 Å². The zero-order valence-corrected chi connectivity index (χ0v) is 19.7. The maximum Gasteiger partial charge on any atom is 0.246 e. The van der Waals surface area contributed by atoms with E-state index < -0.39 is 27.7 Å². The number of benzene rings is 2. The molecule has 1 atom stereocenters. The summed E-state index contributed by atoms with van der Waals surface area (Å²) in [6.45, 7) is 4.34. The van der Waals surface area contributed by atoms with Gasteiger partial charge in [0, 0.05) is 38.3 Å². The minimum atomic E-state index is -3.79. The van der Waals surface area contributed by atoms with Crippen molar-refractivity contribution in [3.05, 3.63) is 59.4 Å². The van der Waals surface area contributed by atoms with E-state index in [4.69, 9.17) is 11.6 Å². The molecule has 0 saturated carbocycles. The van der Waals surface area contributed by atoms with E-state index in [1.807, 2.05) is 13.8 Å². The van der Waals surface area contributed by atoms with Crippen LogP contribution in [0.3, 0.4) is 0 Å². The molecule has 0 N–H and O–H groups in total. The summed E-state index contributed by atoms with van der Waals surface area (Å²) in [4.78, 5) is 19.2. The number of fused-ring (bicyclic) bond motifs is 1. The van der Waals surface area contributed by atoms with Crippen LogP contribution < -0.4 is 0 Å². The van der Waals surface area contributed by atoms with Crippen LogP contribution in [-0.2, 0) is 14.8 Å². The Morgan fingerprint density at radius 1 is 1.06 bits per heavy atom. The smallest absolute Gasteiger partial charge is 0.246 e. The third-order valence-electron chi connectivity index (χ3n) is 5.81. The van der Waals surface area contributed by atoms with Gasteiger partial charge in [-0.1, -0.05) is 37.6 Å². The highest BCUT2D eigenvalue weighted by Gasteiger charge is 2.35. The molecule has 3 aromatic rings. The van der Waals surface area contributed by atoms with Crippen LogP contribution in [0, 0.1) is 17.6 Å². The van der Waals surface area contributed by atoms with E-state index in [0.717, 1.165) is 12.1 Å². The lowest BCUT2D eigenvalue weighted by Crippen LogP contribution is -2.52. The highest BCUT2D eigenvalue weighted by molar-refractivity contribution is 7.89. The van der Waals surface area contributed by atoms with Gasteiger partial charge in [-0.05, 0) is 18.1 Å². The molecule has 1 fully saturated rings. The third kappa shape index (κ3) is 4.34. The van der Waals surface area contributed by atoms with Gasteiger partial charge >= 0.3 is 0 Å². The van der Waals surface area contributed by atoms with E-state index in [0.29, 0.717) is 5.52 Å². The maximum absolute atomic E-state index is 13.9. The Labute approximate surface area is 195 Å². The number of nitrogens with zero attached hydrogens (tertiary/aromatic N) is 4. The first-order valence-electron chi connectivity index (χ1n) is 10.5. The second kappa shape index (κ2) is 9.00.